The monoisotopic (exact) mass is 510 g/mol. The van der Waals surface area contributed by atoms with Gasteiger partial charge in [-0.1, -0.05) is 30.3 Å². The van der Waals surface area contributed by atoms with E-state index in [2.05, 4.69) is 37.8 Å². The van der Waals surface area contributed by atoms with Crippen molar-refractivity contribution >= 4 is 51.0 Å². The minimum Gasteiger partial charge on any atom is -0.493 e. The number of fused-ring (bicyclic) bond motifs is 1. The smallest absolute Gasteiger partial charge is 0.295 e. The summed E-state index contributed by atoms with van der Waals surface area (Å²) in [7, 11) is 0. The summed E-state index contributed by atoms with van der Waals surface area (Å²) >= 11 is 2.16. The molecule has 0 spiro atoms. The predicted molar refractivity (Wildman–Crippen MR) is 122 cm³/mol. The van der Waals surface area contributed by atoms with Crippen LogP contribution in [0.4, 0.5) is 5.69 Å². The highest BCUT2D eigenvalue weighted by molar-refractivity contribution is 14.1. The van der Waals surface area contributed by atoms with Gasteiger partial charge in [0.2, 0.25) is 11.8 Å². The molecule has 1 aromatic heterocycles. The van der Waals surface area contributed by atoms with Crippen molar-refractivity contribution in [2.45, 2.75) is 0 Å². The summed E-state index contributed by atoms with van der Waals surface area (Å²) in [5, 5.41) is 18.5. The maximum Gasteiger partial charge on any atom is 0.295 e. The number of hydrogen-bond donors (Lipinski definition) is 3. The Kier molecular flexibility index (Phi) is 5.32. The van der Waals surface area contributed by atoms with Crippen molar-refractivity contribution in [2.24, 2.45) is 16.0 Å². The van der Waals surface area contributed by atoms with Gasteiger partial charge in [0.15, 0.2) is 5.69 Å². The minimum absolute atomic E-state index is 0.151. The summed E-state index contributed by atoms with van der Waals surface area (Å²) in [6.45, 7) is 0. The number of H-pyrrole nitrogens is 1. The van der Waals surface area contributed by atoms with Crippen LogP contribution in [0.5, 0.6) is 5.88 Å². The number of aromatic hydroxyl groups is 1. The largest absolute Gasteiger partial charge is 0.493 e. The number of halogens is 1. The van der Waals surface area contributed by atoms with E-state index in [-0.39, 0.29) is 11.6 Å². The van der Waals surface area contributed by atoms with Crippen molar-refractivity contribution < 1.29 is 14.7 Å². The number of rotatable bonds is 4. The van der Waals surface area contributed by atoms with Crippen molar-refractivity contribution in [3.8, 4) is 17.0 Å². The van der Waals surface area contributed by atoms with Crippen LogP contribution in [-0.2, 0) is 0 Å². The number of nitrogens with zero attached hydrogens (tertiary/aromatic N) is 2. The maximum absolute atomic E-state index is 12.4. The second-order valence-electron chi connectivity index (χ2n) is 6.50. The summed E-state index contributed by atoms with van der Waals surface area (Å²) in [6.07, 6.45) is 0. The Morgan fingerprint density at radius 3 is 2.47 bits per heavy atom. The van der Waals surface area contributed by atoms with Gasteiger partial charge in [0.25, 0.3) is 5.91 Å². The van der Waals surface area contributed by atoms with Gasteiger partial charge in [-0.2, -0.15) is 0 Å². The van der Waals surface area contributed by atoms with Crippen LogP contribution < -0.4 is 5.73 Å². The molecule has 0 radical (unpaired) electrons. The molecular weight excluding hydrogens is 495 g/mol. The molecule has 0 unspecified atom stereocenters. The molecule has 4 rings (SSSR count). The average Bonchev–Trinajstić information content (AvgIpc) is 3.06. The van der Waals surface area contributed by atoms with Crippen LogP contribution in [0.1, 0.15) is 20.7 Å². The van der Waals surface area contributed by atoms with E-state index in [1.807, 2.05) is 24.3 Å². The Morgan fingerprint density at radius 1 is 1.00 bits per heavy atom. The molecule has 2 amide bonds. The third kappa shape index (κ3) is 3.81. The molecule has 4 aromatic rings. The van der Waals surface area contributed by atoms with Crippen LogP contribution in [0.2, 0.25) is 0 Å². The van der Waals surface area contributed by atoms with Gasteiger partial charge >= 0.3 is 0 Å². The Balaban J connectivity index is 1.61. The summed E-state index contributed by atoms with van der Waals surface area (Å²) < 4.78 is 0.966. The molecule has 0 aliphatic heterocycles. The second-order valence-corrected chi connectivity index (χ2v) is 7.75. The Bertz CT molecular complexity index is 1310. The highest BCUT2D eigenvalue weighted by atomic mass is 127. The Morgan fingerprint density at radius 2 is 1.73 bits per heavy atom. The van der Waals surface area contributed by atoms with Crippen LogP contribution in [0.3, 0.4) is 0 Å². The van der Waals surface area contributed by atoms with Gasteiger partial charge in [-0.15, -0.1) is 10.2 Å². The quantitative estimate of drug-likeness (QED) is 0.260. The number of azo groups is 1. The van der Waals surface area contributed by atoms with Crippen molar-refractivity contribution in [3.63, 3.8) is 0 Å². The summed E-state index contributed by atoms with van der Waals surface area (Å²) in [4.78, 5) is 26.9. The normalized spacial score (nSPS) is 11.2. The Hall–Kier alpha value is -3.53. The van der Waals surface area contributed by atoms with E-state index in [4.69, 9.17) is 5.73 Å². The first-order chi connectivity index (χ1) is 14.4. The van der Waals surface area contributed by atoms with Gasteiger partial charge in [-0.25, -0.2) is 0 Å². The summed E-state index contributed by atoms with van der Waals surface area (Å²) in [6, 6.07) is 19.2. The molecule has 0 saturated heterocycles. The number of benzene rings is 3. The third-order valence-electron chi connectivity index (χ3n) is 4.59. The van der Waals surface area contributed by atoms with Gasteiger partial charge in [0.05, 0.1) is 5.52 Å². The van der Waals surface area contributed by atoms with Crippen LogP contribution >= 0.6 is 22.6 Å². The molecule has 0 saturated carbocycles. The lowest BCUT2D eigenvalue weighted by Gasteiger charge is -2.07. The number of aromatic amines is 1. The Labute approximate surface area is 184 Å². The first-order valence-electron chi connectivity index (χ1n) is 8.89. The predicted octanol–water partition coefficient (Wildman–Crippen LogP) is 5.17. The topological polar surface area (TPSA) is 121 Å². The van der Waals surface area contributed by atoms with E-state index in [1.165, 1.54) is 0 Å². The number of amides is 2. The zero-order valence-corrected chi connectivity index (χ0v) is 17.6. The number of nitrogens with two attached hydrogens (primary N) is 1. The lowest BCUT2D eigenvalue weighted by Crippen LogP contribution is -2.12. The first kappa shape index (κ1) is 19.8. The molecule has 0 fully saturated rings. The van der Waals surface area contributed by atoms with Crippen molar-refractivity contribution in [1.82, 2.24) is 4.98 Å². The van der Waals surface area contributed by atoms with Crippen LogP contribution in [0, 0.1) is 3.57 Å². The first-order valence-corrected chi connectivity index (χ1v) is 9.97. The molecule has 0 atom stereocenters. The molecule has 4 N–H and O–H groups in total. The number of carbonyl (C=O) groups excluding carboxylic acids is 2. The number of nitrogens with one attached hydrogen (secondary N) is 1. The van der Waals surface area contributed by atoms with Crippen LogP contribution in [0.15, 0.2) is 77.0 Å². The molecule has 1 heterocycles. The minimum atomic E-state index is -0.552. The number of aromatic nitrogens is 1. The van der Waals surface area contributed by atoms with E-state index >= 15 is 0 Å². The highest BCUT2D eigenvalue weighted by Crippen LogP contribution is 2.36. The fraction of sp³-hybridized carbons (Fsp3) is 0. The molecule has 7 nitrogen and oxygen atoms in total. The molecule has 0 aliphatic rings. The van der Waals surface area contributed by atoms with E-state index in [9.17, 15) is 14.7 Å². The van der Waals surface area contributed by atoms with Gasteiger partial charge in [0.1, 0.15) is 0 Å². The van der Waals surface area contributed by atoms with Gasteiger partial charge in [-0.05, 0) is 70.1 Å². The summed E-state index contributed by atoms with van der Waals surface area (Å²) in [5.74, 6) is -1.22. The van der Waals surface area contributed by atoms with Gasteiger partial charge < -0.3 is 15.8 Å². The molecule has 8 heteroatoms. The lowest BCUT2D eigenvalue weighted by molar-refractivity contribution is 0.0989. The standard InChI is InChI=1S/C22H15IN4O3/c23-14-9-10-18-17(11-14)19(22(30)25-18)26-27-21(29)13-7-5-12(6-8-13)15-3-1-2-4-16(15)20(24)28/h1-11,25,30H,(H2,24,28). The maximum atomic E-state index is 12.4. The molecule has 3 aromatic carbocycles. The highest BCUT2D eigenvalue weighted by Gasteiger charge is 2.13. The lowest BCUT2D eigenvalue weighted by atomic mass is 9.98. The number of hydrogen-bond acceptors (Lipinski definition) is 4. The van der Waals surface area contributed by atoms with E-state index in [0.717, 1.165) is 9.13 Å². The fourth-order valence-electron chi connectivity index (χ4n) is 3.13. The molecule has 30 heavy (non-hydrogen) atoms. The zero-order valence-electron chi connectivity index (χ0n) is 15.5. The number of primary amides is 1. The number of carbonyl (C=O) groups is 2. The van der Waals surface area contributed by atoms with Crippen LogP contribution in [0.25, 0.3) is 22.0 Å². The molecular formula is C22H15IN4O3. The second kappa shape index (κ2) is 8.07. The van der Waals surface area contributed by atoms with Crippen LogP contribution in [-0.4, -0.2) is 21.9 Å². The third-order valence-corrected chi connectivity index (χ3v) is 5.26. The SMILES string of the molecule is NC(=O)c1ccccc1-c1ccc(C(=O)N=Nc2c(O)[nH]c3ccc(I)cc23)cc1. The molecule has 148 valence electrons. The fourth-order valence-corrected chi connectivity index (χ4v) is 3.62. The average molecular weight is 510 g/mol. The van der Waals surface area contributed by atoms with E-state index in [1.54, 1.807) is 42.5 Å². The van der Waals surface area contributed by atoms with Gasteiger partial charge in [-0.3, -0.25) is 9.59 Å². The van der Waals surface area contributed by atoms with Gasteiger partial charge in [0, 0.05) is 20.1 Å². The van der Waals surface area contributed by atoms with Crippen molar-refractivity contribution in [1.29, 1.82) is 0 Å². The van der Waals surface area contributed by atoms with Crippen molar-refractivity contribution in [3.05, 3.63) is 81.4 Å². The van der Waals surface area contributed by atoms with Crippen molar-refractivity contribution in [2.75, 3.05) is 0 Å². The molecule has 0 aliphatic carbocycles. The summed E-state index contributed by atoms with van der Waals surface area (Å²) in [5.41, 5.74) is 8.51. The van der Waals surface area contributed by atoms with E-state index in [0.29, 0.717) is 27.6 Å². The molecule has 0 bridgehead atoms. The van der Waals surface area contributed by atoms with E-state index < -0.39 is 11.8 Å². The zero-order chi connectivity index (χ0) is 21.3.